The standard InChI is InChI=1S/C38H44F6N8OS/c1-19-20(2)54-35(45-19)49-36(53)52-27-16-32(51(18-27)31-9-7-28(48-34(31)52)21-4-3-5-24(13-21)37(39,40)41)23-12-22(14-25(15-23)38(42,43)44)29-6-8-30-33(47-29)46-26-10-11-50(30)17-26/h6-9,21-27,32H,3-5,10-18H2,1-2H3,(H,46,47)(H,45,49,53)/t21?,22?,23?,24?,25?,26-,27-,32?/m0/s1. The smallest absolute Gasteiger partial charge is 0.366 e. The Morgan fingerprint density at radius 2 is 1.57 bits per heavy atom. The molecule has 9 rings (SSSR count). The van der Waals surface area contributed by atoms with Crippen LogP contribution in [0.1, 0.15) is 91.6 Å². The fraction of sp³-hybridized carbons (Fsp3) is 0.632. The highest BCUT2D eigenvalue weighted by atomic mass is 32.1. The van der Waals surface area contributed by atoms with E-state index in [4.69, 9.17) is 9.97 Å². The van der Waals surface area contributed by atoms with Crippen molar-refractivity contribution in [2.45, 2.75) is 114 Å². The van der Waals surface area contributed by atoms with Crippen LogP contribution in [0, 0.1) is 31.6 Å². The second-order valence-electron chi connectivity index (χ2n) is 16.3. The molecule has 0 radical (unpaired) electrons. The summed E-state index contributed by atoms with van der Waals surface area (Å²) in [6.07, 6.45) is -5.78. The maximum Gasteiger partial charge on any atom is 0.391 e. The molecule has 3 aromatic heterocycles. The molecule has 7 heterocycles. The summed E-state index contributed by atoms with van der Waals surface area (Å²) in [5.41, 5.74) is 3.58. The number of pyridine rings is 2. The Morgan fingerprint density at radius 1 is 0.833 bits per heavy atom. The van der Waals surface area contributed by atoms with Crippen molar-refractivity contribution in [2.24, 2.45) is 17.8 Å². The zero-order valence-corrected chi connectivity index (χ0v) is 31.0. The number of carbonyl (C=O) groups is 1. The molecule has 16 heteroatoms. The lowest BCUT2D eigenvalue weighted by Crippen LogP contribution is -2.49. The summed E-state index contributed by atoms with van der Waals surface area (Å²) >= 11 is 1.34. The highest BCUT2D eigenvalue weighted by Crippen LogP contribution is 2.53. The Kier molecular flexibility index (Phi) is 8.73. The van der Waals surface area contributed by atoms with Gasteiger partial charge in [-0.2, -0.15) is 26.3 Å². The number of aromatic nitrogens is 3. The minimum absolute atomic E-state index is 0.0292. The number of nitrogens with zero attached hydrogens (tertiary/aromatic N) is 6. The van der Waals surface area contributed by atoms with Gasteiger partial charge in [-0.3, -0.25) is 10.2 Å². The first-order valence-electron chi connectivity index (χ1n) is 19.2. The SMILES string of the molecule is Cc1nc(NC(=O)N2c3nc(C4CCCC(C(F)(F)F)C4)ccc3N3C[C@@H]2CC3C2CC(c3ccc4c(n3)N[C@H]3CCN4C3)CC(C(F)(F)F)C2)sc1C. The predicted molar refractivity (Wildman–Crippen MR) is 196 cm³/mol. The average molecular weight is 775 g/mol. The molecule has 8 atom stereocenters. The molecule has 2 amide bonds. The number of hydrogen-bond donors (Lipinski definition) is 2. The average Bonchev–Trinajstić information content (AvgIpc) is 3.81. The normalized spacial score (nSPS) is 30.6. The van der Waals surface area contributed by atoms with Gasteiger partial charge in [-0.05, 0) is 95.4 Å². The largest absolute Gasteiger partial charge is 0.391 e. The van der Waals surface area contributed by atoms with Crippen LogP contribution in [0.4, 0.5) is 59.3 Å². The van der Waals surface area contributed by atoms with Crippen LogP contribution >= 0.6 is 11.3 Å². The molecule has 4 fully saturated rings. The lowest BCUT2D eigenvalue weighted by molar-refractivity contribution is -0.188. The predicted octanol–water partition coefficient (Wildman–Crippen LogP) is 9.15. The number of carbonyl (C=O) groups excluding carboxylic acids is 1. The van der Waals surface area contributed by atoms with Gasteiger partial charge in [0.15, 0.2) is 10.9 Å². The minimum atomic E-state index is -4.38. The minimum Gasteiger partial charge on any atom is -0.366 e. The lowest BCUT2D eigenvalue weighted by Gasteiger charge is -2.42. The number of urea groups is 1. The van der Waals surface area contributed by atoms with Crippen LogP contribution in [0.25, 0.3) is 0 Å². The van der Waals surface area contributed by atoms with E-state index in [1.54, 1.807) is 11.0 Å². The van der Waals surface area contributed by atoms with Crippen LogP contribution in [-0.2, 0) is 0 Å². The van der Waals surface area contributed by atoms with Crippen molar-refractivity contribution in [1.82, 2.24) is 15.0 Å². The molecule has 290 valence electrons. The van der Waals surface area contributed by atoms with Gasteiger partial charge in [0.25, 0.3) is 0 Å². The van der Waals surface area contributed by atoms with Crippen molar-refractivity contribution >= 4 is 45.5 Å². The molecule has 2 saturated carbocycles. The number of hydrogen-bond acceptors (Lipinski definition) is 8. The van der Waals surface area contributed by atoms with Gasteiger partial charge in [-0.15, -0.1) is 11.3 Å². The van der Waals surface area contributed by atoms with Gasteiger partial charge in [0.1, 0.15) is 5.82 Å². The molecule has 54 heavy (non-hydrogen) atoms. The van der Waals surface area contributed by atoms with E-state index in [9.17, 15) is 31.1 Å². The van der Waals surface area contributed by atoms with Gasteiger partial charge in [0, 0.05) is 59.8 Å². The molecule has 0 spiro atoms. The Morgan fingerprint density at radius 3 is 2.31 bits per heavy atom. The molecule has 4 bridgehead atoms. The summed E-state index contributed by atoms with van der Waals surface area (Å²) in [4.78, 5) is 35.5. The summed E-state index contributed by atoms with van der Waals surface area (Å²) in [6.45, 7) is 6.01. The first kappa shape index (κ1) is 35.9. The number of amides is 2. The number of anilines is 5. The first-order chi connectivity index (χ1) is 25.7. The van der Waals surface area contributed by atoms with E-state index >= 15 is 0 Å². The number of alkyl halides is 6. The molecular formula is C38H44F6N8OS. The fourth-order valence-electron chi connectivity index (χ4n) is 10.2. The van der Waals surface area contributed by atoms with Crippen molar-refractivity contribution in [1.29, 1.82) is 0 Å². The second kappa shape index (κ2) is 13.1. The van der Waals surface area contributed by atoms with Gasteiger partial charge in [-0.1, -0.05) is 6.42 Å². The zero-order valence-electron chi connectivity index (χ0n) is 30.2. The monoisotopic (exact) mass is 774 g/mol. The van der Waals surface area contributed by atoms with Gasteiger partial charge in [0.2, 0.25) is 0 Å². The van der Waals surface area contributed by atoms with Crippen LogP contribution in [0.15, 0.2) is 24.3 Å². The van der Waals surface area contributed by atoms with E-state index < -0.39 is 48.1 Å². The van der Waals surface area contributed by atoms with Crippen LogP contribution in [0.5, 0.6) is 0 Å². The summed E-state index contributed by atoms with van der Waals surface area (Å²) in [5, 5.41) is 6.85. The summed E-state index contributed by atoms with van der Waals surface area (Å²) in [6, 6.07) is 6.60. The lowest BCUT2D eigenvalue weighted by atomic mass is 9.70. The third-order valence-electron chi connectivity index (χ3n) is 13.1. The van der Waals surface area contributed by atoms with E-state index in [0.717, 1.165) is 41.6 Å². The van der Waals surface area contributed by atoms with Crippen LogP contribution in [-0.4, -0.2) is 71.1 Å². The second-order valence-corrected chi connectivity index (χ2v) is 17.5. The molecular weight excluding hydrogens is 731 g/mol. The summed E-state index contributed by atoms with van der Waals surface area (Å²) in [5.74, 6) is -3.00. The molecule has 3 aromatic rings. The van der Waals surface area contributed by atoms with Crippen LogP contribution in [0.3, 0.4) is 0 Å². The summed E-state index contributed by atoms with van der Waals surface area (Å²) < 4.78 is 85.6. The quantitative estimate of drug-likeness (QED) is 0.256. The summed E-state index contributed by atoms with van der Waals surface area (Å²) in [7, 11) is 0. The first-order valence-corrected chi connectivity index (χ1v) is 20.0. The van der Waals surface area contributed by atoms with E-state index in [1.807, 2.05) is 32.0 Å². The van der Waals surface area contributed by atoms with Crippen molar-refractivity contribution in [3.8, 4) is 0 Å². The third kappa shape index (κ3) is 6.43. The molecule has 6 unspecified atom stereocenters. The number of fused-ring (bicyclic) bond motifs is 8. The van der Waals surface area contributed by atoms with E-state index in [2.05, 4.69) is 25.4 Å². The van der Waals surface area contributed by atoms with Gasteiger partial charge >= 0.3 is 18.4 Å². The van der Waals surface area contributed by atoms with Crippen molar-refractivity contribution in [2.75, 3.05) is 45.0 Å². The van der Waals surface area contributed by atoms with Gasteiger partial charge in [0.05, 0.1) is 34.9 Å². The zero-order chi connectivity index (χ0) is 37.7. The van der Waals surface area contributed by atoms with E-state index in [1.165, 1.54) is 11.3 Å². The van der Waals surface area contributed by atoms with Crippen LogP contribution in [0.2, 0.25) is 0 Å². The van der Waals surface area contributed by atoms with Crippen LogP contribution < -0.4 is 25.3 Å². The maximum absolute atomic E-state index is 14.7. The van der Waals surface area contributed by atoms with Crippen molar-refractivity contribution < 1.29 is 31.1 Å². The molecule has 9 nitrogen and oxygen atoms in total. The Hall–Kier alpha value is -3.82. The molecule has 2 aliphatic carbocycles. The van der Waals surface area contributed by atoms with E-state index in [0.29, 0.717) is 60.3 Å². The van der Waals surface area contributed by atoms with Crippen molar-refractivity contribution in [3.05, 3.63) is 46.2 Å². The number of thiazole rings is 1. The number of halogens is 6. The highest BCUT2D eigenvalue weighted by molar-refractivity contribution is 7.15. The Labute approximate surface area is 313 Å². The topological polar surface area (TPSA) is 89.5 Å². The fourth-order valence-corrected chi connectivity index (χ4v) is 11.0. The van der Waals surface area contributed by atoms with Gasteiger partial charge in [-0.25, -0.2) is 19.7 Å². The van der Waals surface area contributed by atoms with Gasteiger partial charge < -0.3 is 15.1 Å². The Bertz CT molecular complexity index is 1920. The molecule has 4 aliphatic heterocycles. The highest BCUT2D eigenvalue weighted by Gasteiger charge is 2.53. The maximum atomic E-state index is 14.7. The molecule has 6 aliphatic rings. The molecule has 0 aromatic carbocycles. The molecule has 2 saturated heterocycles. The molecule has 2 N–H and O–H groups in total. The Balaban J connectivity index is 1.05. The number of rotatable bonds is 4. The third-order valence-corrected chi connectivity index (χ3v) is 14.0. The van der Waals surface area contributed by atoms with Crippen molar-refractivity contribution in [3.63, 3.8) is 0 Å². The number of aryl methyl sites for hydroxylation is 2. The number of nitrogens with one attached hydrogen (secondary N) is 2. The van der Waals surface area contributed by atoms with E-state index in [-0.39, 0.29) is 43.7 Å².